The Bertz CT molecular complexity index is 495. The fourth-order valence-electron chi connectivity index (χ4n) is 1.64. The molecule has 0 aliphatic rings. The molecule has 0 saturated carbocycles. The summed E-state index contributed by atoms with van der Waals surface area (Å²) in [5.74, 6) is 0.652. The highest BCUT2D eigenvalue weighted by molar-refractivity contribution is 5.43. The lowest BCUT2D eigenvalue weighted by molar-refractivity contribution is 0.141. The third-order valence-electron chi connectivity index (χ3n) is 2.65. The Kier molecular flexibility index (Phi) is 4.52. The molecule has 0 spiro atoms. The minimum absolute atomic E-state index is 0.652. The summed E-state index contributed by atoms with van der Waals surface area (Å²) >= 11 is 0. The van der Waals surface area contributed by atoms with Crippen LogP contribution in [0.3, 0.4) is 0 Å². The minimum atomic E-state index is 0.652. The Labute approximate surface area is 107 Å². The molecule has 0 radical (unpaired) electrons. The van der Waals surface area contributed by atoms with Crippen molar-refractivity contribution in [1.82, 2.24) is 14.6 Å². The van der Waals surface area contributed by atoms with Crippen LogP contribution in [-0.4, -0.2) is 34.4 Å². The lowest BCUT2D eigenvalue weighted by Crippen LogP contribution is -2.10. The standard InChI is InChI=1S/C13H20N4O/c1-3-4-8-18-9-7-14-13-15-12-6-5-11(2)10-17(12)16-13/h5-6,10H,3-4,7-9H2,1-2H3,(H,14,16). The molecule has 2 heterocycles. The van der Waals surface area contributed by atoms with Crippen molar-refractivity contribution in [2.75, 3.05) is 25.1 Å². The smallest absolute Gasteiger partial charge is 0.243 e. The maximum atomic E-state index is 5.46. The van der Waals surface area contributed by atoms with Crippen molar-refractivity contribution in [2.45, 2.75) is 26.7 Å². The number of nitrogens with one attached hydrogen (secondary N) is 1. The number of ether oxygens (including phenoxy) is 1. The van der Waals surface area contributed by atoms with Gasteiger partial charge in [-0.1, -0.05) is 19.4 Å². The van der Waals surface area contributed by atoms with Crippen LogP contribution in [0.1, 0.15) is 25.3 Å². The zero-order valence-electron chi connectivity index (χ0n) is 11.0. The summed E-state index contributed by atoms with van der Waals surface area (Å²) in [4.78, 5) is 4.37. The topological polar surface area (TPSA) is 51.5 Å². The summed E-state index contributed by atoms with van der Waals surface area (Å²) in [5, 5.41) is 7.51. The molecular weight excluding hydrogens is 228 g/mol. The lowest BCUT2D eigenvalue weighted by Gasteiger charge is -2.03. The van der Waals surface area contributed by atoms with Crippen LogP contribution in [0.4, 0.5) is 5.95 Å². The molecule has 1 N–H and O–H groups in total. The summed E-state index contributed by atoms with van der Waals surface area (Å²) in [5.41, 5.74) is 2.02. The lowest BCUT2D eigenvalue weighted by atomic mass is 10.3. The first-order valence-corrected chi connectivity index (χ1v) is 6.44. The van der Waals surface area contributed by atoms with Gasteiger partial charge in [-0.3, -0.25) is 0 Å². The first-order chi connectivity index (χ1) is 8.79. The number of nitrogens with zero attached hydrogens (tertiary/aromatic N) is 3. The average molecular weight is 248 g/mol. The van der Waals surface area contributed by atoms with Crippen LogP contribution in [0.5, 0.6) is 0 Å². The molecule has 0 aromatic carbocycles. The van der Waals surface area contributed by atoms with Gasteiger partial charge in [0.15, 0.2) is 5.65 Å². The van der Waals surface area contributed by atoms with Gasteiger partial charge in [-0.15, -0.1) is 5.10 Å². The molecule has 5 nitrogen and oxygen atoms in total. The number of anilines is 1. The molecule has 0 fully saturated rings. The summed E-state index contributed by atoms with van der Waals surface area (Å²) < 4.78 is 7.25. The summed E-state index contributed by atoms with van der Waals surface area (Å²) in [6, 6.07) is 3.99. The monoisotopic (exact) mass is 248 g/mol. The van der Waals surface area contributed by atoms with Crippen LogP contribution < -0.4 is 5.32 Å². The Balaban J connectivity index is 1.81. The molecule has 18 heavy (non-hydrogen) atoms. The third-order valence-corrected chi connectivity index (χ3v) is 2.65. The molecule has 0 bridgehead atoms. The second-order valence-corrected chi connectivity index (χ2v) is 4.34. The van der Waals surface area contributed by atoms with Crippen molar-refractivity contribution in [3.8, 4) is 0 Å². The molecule has 0 aliphatic carbocycles. The summed E-state index contributed by atoms with van der Waals surface area (Å²) in [6.07, 6.45) is 4.25. The van der Waals surface area contributed by atoms with E-state index in [1.165, 1.54) is 12.0 Å². The third kappa shape index (κ3) is 3.43. The van der Waals surface area contributed by atoms with E-state index >= 15 is 0 Å². The van der Waals surface area contributed by atoms with Gasteiger partial charge < -0.3 is 10.1 Å². The SMILES string of the molecule is CCCCOCCNc1nc2ccc(C)cn2n1. The van der Waals surface area contributed by atoms with Crippen molar-refractivity contribution in [3.05, 3.63) is 23.9 Å². The van der Waals surface area contributed by atoms with Gasteiger partial charge in [0.1, 0.15) is 0 Å². The van der Waals surface area contributed by atoms with E-state index in [4.69, 9.17) is 4.74 Å². The zero-order chi connectivity index (χ0) is 12.8. The van der Waals surface area contributed by atoms with Gasteiger partial charge in [0, 0.05) is 19.3 Å². The van der Waals surface area contributed by atoms with E-state index < -0.39 is 0 Å². The first-order valence-electron chi connectivity index (χ1n) is 6.44. The van der Waals surface area contributed by atoms with Crippen molar-refractivity contribution >= 4 is 11.6 Å². The highest BCUT2D eigenvalue weighted by Gasteiger charge is 2.02. The highest BCUT2D eigenvalue weighted by atomic mass is 16.5. The number of fused-ring (bicyclic) bond motifs is 1. The van der Waals surface area contributed by atoms with Crippen LogP contribution in [0.25, 0.3) is 5.65 Å². The molecule has 0 unspecified atom stereocenters. The number of pyridine rings is 1. The van der Waals surface area contributed by atoms with Crippen LogP contribution in [0, 0.1) is 6.92 Å². The zero-order valence-corrected chi connectivity index (χ0v) is 11.0. The second kappa shape index (κ2) is 6.35. The van der Waals surface area contributed by atoms with Crippen molar-refractivity contribution < 1.29 is 4.74 Å². The van der Waals surface area contributed by atoms with Gasteiger partial charge in [-0.2, -0.15) is 4.98 Å². The molecule has 2 aromatic rings. The Morgan fingerprint density at radius 1 is 1.33 bits per heavy atom. The van der Waals surface area contributed by atoms with Gasteiger partial charge in [0.05, 0.1) is 6.61 Å². The second-order valence-electron chi connectivity index (χ2n) is 4.34. The molecule has 0 atom stereocenters. The quantitative estimate of drug-likeness (QED) is 0.764. The predicted molar refractivity (Wildman–Crippen MR) is 71.9 cm³/mol. The van der Waals surface area contributed by atoms with E-state index in [0.717, 1.165) is 25.2 Å². The molecule has 98 valence electrons. The molecule has 5 heteroatoms. The normalized spacial score (nSPS) is 11.0. The molecule has 2 rings (SSSR count). The van der Waals surface area contributed by atoms with E-state index in [0.29, 0.717) is 12.6 Å². The number of aryl methyl sites for hydroxylation is 1. The van der Waals surface area contributed by atoms with Gasteiger partial charge >= 0.3 is 0 Å². The maximum absolute atomic E-state index is 5.46. The van der Waals surface area contributed by atoms with E-state index in [9.17, 15) is 0 Å². The fourth-order valence-corrected chi connectivity index (χ4v) is 1.64. The largest absolute Gasteiger partial charge is 0.380 e. The Morgan fingerprint density at radius 2 is 2.22 bits per heavy atom. The van der Waals surface area contributed by atoms with E-state index in [1.807, 2.05) is 25.3 Å². The predicted octanol–water partition coefficient (Wildman–Crippen LogP) is 2.27. The van der Waals surface area contributed by atoms with Crippen LogP contribution in [-0.2, 0) is 4.74 Å². The molecule has 0 saturated heterocycles. The first kappa shape index (κ1) is 12.8. The van der Waals surface area contributed by atoms with Crippen LogP contribution >= 0.6 is 0 Å². The number of hydrogen-bond acceptors (Lipinski definition) is 4. The average Bonchev–Trinajstić information content (AvgIpc) is 2.75. The number of aromatic nitrogens is 3. The van der Waals surface area contributed by atoms with Gasteiger partial charge in [0.25, 0.3) is 0 Å². The van der Waals surface area contributed by atoms with E-state index in [-0.39, 0.29) is 0 Å². The van der Waals surface area contributed by atoms with E-state index in [2.05, 4.69) is 22.3 Å². The molecule has 2 aromatic heterocycles. The summed E-state index contributed by atoms with van der Waals surface area (Å²) in [6.45, 7) is 6.45. The van der Waals surface area contributed by atoms with E-state index in [1.54, 1.807) is 4.52 Å². The van der Waals surface area contributed by atoms with Crippen LogP contribution in [0.15, 0.2) is 18.3 Å². The highest BCUT2D eigenvalue weighted by Crippen LogP contribution is 2.06. The minimum Gasteiger partial charge on any atom is -0.380 e. The van der Waals surface area contributed by atoms with Gasteiger partial charge in [0.2, 0.25) is 5.95 Å². The number of unbranched alkanes of at least 4 members (excludes halogenated alkanes) is 1. The Hall–Kier alpha value is -1.62. The van der Waals surface area contributed by atoms with Gasteiger partial charge in [-0.25, -0.2) is 4.52 Å². The number of rotatable bonds is 7. The molecule has 0 aliphatic heterocycles. The summed E-state index contributed by atoms with van der Waals surface area (Å²) in [7, 11) is 0. The maximum Gasteiger partial charge on any atom is 0.243 e. The van der Waals surface area contributed by atoms with Crippen molar-refractivity contribution in [3.63, 3.8) is 0 Å². The molecule has 0 amide bonds. The van der Waals surface area contributed by atoms with Gasteiger partial charge in [-0.05, 0) is 25.0 Å². The van der Waals surface area contributed by atoms with Crippen molar-refractivity contribution in [1.29, 1.82) is 0 Å². The van der Waals surface area contributed by atoms with Crippen molar-refractivity contribution in [2.24, 2.45) is 0 Å². The van der Waals surface area contributed by atoms with Crippen LogP contribution in [0.2, 0.25) is 0 Å². The number of hydrogen-bond donors (Lipinski definition) is 1. The molecular formula is C13H20N4O. The Morgan fingerprint density at radius 3 is 3.06 bits per heavy atom. The fraction of sp³-hybridized carbons (Fsp3) is 0.538.